The molecule has 1 aliphatic heterocycles. The van der Waals surface area contributed by atoms with Crippen LogP contribution in [0.25, 0.3) is 0 Å². The van der Waals surface area contributed by atoms with Crippen LogP contribution < -0.4 is 4.72 Å². The number of rotatable bonds is 5. The number of sulfonamides is 1. The van der Waals surface area contributed by atoms with Crippen molar-refractivity contribution in [2.45, 2.75) is 68.3 Å². The van der Waals surface area contributed by atoms with Crippen LogP contribution in [0.1, 0.15) is 60.0 Å². The number of carbonyl (C=O) groups is 1. The summed E-state index contributed by atoms with van der Waals surface area (Å²) in [6.07, 6.45) is 7.54. The lowest BCUT2D eigenvalue weighted by atomic mass is 9.90. The summed E-state index contributed by atoms with van der Waals surface area (Å²) in [5, 5.41) is 9.36. The molecule has 6 nitrogen and oxygen atoms in total. The van der Waals surface area contributed by atoms with E-state index in [-0.39, 0.29) is 16.5 Å². The van der Waals surface area contributed by atoms with Crippen LogP contribution in [0.5, 0.6) is 0 Å². The summed E-state index contributed by atoms with van der Waals surface area (Å²) in [5.74, 6) is -1.08. The Kier molecular flexibility index (Phi) is 4.79. The number of aromatic carboxylic acids is 1. The molecule has 0 aromatic heterocycles. The quantitative estimate of drug-likeness (QED) is 0.820. The molecule has 26 heavy (non-hydrogen) atoms. The van der Waals surface area contributed by atoms with E-state index in [1.165, 1.54) is 18.9 Å². The first-order valence-electron chi connectivity index (χ1n) is 9.59. The molecule has 3 aliphatic rings. The molecule has 1 saturated carbocycles. The molecule has 0 amide bonds. The summed E-state index contributed by atoms with van der Waals surface area (Å²) in [5.41, 5.74) is 1.75. The molecule has 2 aliphatic carbocycles. The van der Waals surface area contributed by atoms with Gasteiger partial charge < -0.3 is 10.0 Å². The van der Waals surface area contributed by atoms with Gasteiger partial charge in [0.1, 0.15) is 0 Å². The number of hydrogen-bond donors (Lipinski definition) is 2. The fourth-order valence-corrected chi connectivity index (χ4v) is 5.94. The standard InChI is InChI=1S/C19H26N2O4S/c22-19(23)14-11-13-3-1-2-4-17(13)18(12-14)26(24,25)20-15-7-9-21(10-8-15)16-5-6-16/h11-12,15-16,20H,1-10H2,(H,22,23). The van der Waals surface area contributed by atoms with Gasteiger partial charge in [-0.3, -0.25) is 0 Å². The van der Waals surface area contributed by atoms with Gasteiger partial charge in [0.05, 0.1) is 10.5 Å². The molecular weight excluding hydrogens is 352 g/mol. The minimum atomic E-state index is -3.71. The second-order valence-electron chi connectivity index (χ2n) is 7.79. The SMILES string of the molecule is O=C(O)c1cc2c(c(S(=O)(=O)NC3CCN(C4CC4)CC3)c1)CCCC2. The third kappa shape index (κ3) is 3.66. The van der Waals surface area contributed by atoms with Gasteiger partial charge in [-0.25, -0.2) is 17.9 Å². The molecule has 4 rings (SSSR count). The molecule has 2 fully saturated rings. The lowest BCUT2D eigenvalue weighted by Crippen LogP contribution is -2.45. The molecule has 1 aromatic rings. The van der Waals surface area contributed by atoms with Gasteiger partial charge in [-0.1, -0.05) is 0 Å². The first kappa shape index (κ1) is 17.9. The molecule has 1 saturated heterocycles. The van der Waals surface area contributed by atoms with E-state index in [2.05, 4.69) is 9.62 Å². The number of likely N-dealkylation sites (tertiary alicyclic amines) is 1. The molecule has 0 radical (unpaired) electrons. The van der Waals surface area contributed by atoms with Crippen molar-refractivity contribution in [2.75, 3.05) is 13.1 Å². The molecule has 142 valence electrons. The minimum Gasteiger partial charge on any atom is -0.478 e. The lowest BCUT2D eigenvalue weighted by Gasteiger charge is -2.32. The molecular formula is C19H26N2O4S. The number of hydrogen-bond acceptors (Lipinski definition) is 4. The number of carboxylic acids is 1. The highest BCUT2D eigenvalue weighted by atomic mass is 32.2. The summed E-state index contributed by atoms with van der Waals surface area (Å²) in [4.78, 5) is 14.1. The number of nitrogens with zero attached hydrogens (tertiary/aromatic N) is 1. The summed E-state index contributed by atoms with van der Waals surface area (Å²) in [7, 11) is -3.71. The Hall–Kier alpha value is -1.44. The van der Waals surface area contributed by atoms with E-state index in [1.54, 1.807) is 6.07 Å². The van der Waals surface area contributed by atoms with Crippen molar-refractivity contribution in [2.24, 2.45) is 0 Å². The minimum absolute atomic E-state index is 0.0644. The predicted molar refractivity (Wildman–Crippen MR) is 98.0 cm³/mol. The van der Waals surface area contributed by atoms with E-state index in [0.29, 0.717) is 12.5 Å². The average molecular weight is 378 g/mol. The largest absolute Gasteiger partial charge is 0.478 e. The first-order valence-corrected chi connectivity index (χ1v) is 11.1. The smallest absolute Gasteiger partial charge is 0.335 e. The maximum atomic E-state index is 13.1. The second-order valence-corrected chi connectivity index (χ2v) is 9.47. The Morgan fingerprint density at radius 2 is 1.77 bits per heavy atom. The van der Waals surface area contributed by atoms with Crippen molar-refractivity contribution in [1.82, 2.24) is 9.62 Å². The Morgan fingerprint density at radius 3 is 2.42 bits per heavy atom. The topological polar surface area (TPSA) is 86.7 Å². The highest BCUT2D eigenvalue weighted by Gasteiger charge is 2.34. The summed E-state index contributed by atoms with van der Waals surface area (Å²) in [6.45, 7) is 1.87. The molecule has 0 bridgehead atoms. The van der Waals surface area contributed by atoms with Crippen LogP contribution in [0.15, 0.2) is 17.0 Å². The number of fused-ring (bicyclic) bond motifs is 1. The van der Waals surface area contributed by atoms with Crippen LogP contribution in [0.2, 0.25) is 0 Å². The zero-order chi connectivity index (χ0) is 18.3. The third-order valence-corrected chi connectivity index (χ3v) is 7.46. The van der Waals surface area contributed by atoms with Crippen LogP contribution in [0.4, 0.5) is 0 Å². The molecule has 1 aromatic carbocycles. The van der Waals surface area contributed by atoms with Crippen molar-refractivity contribution in [3.8, 4) is 0 Å². The van der Waals surface area contributed by atoms with E-state index in [0.717, 1.165) is 56.3 Å². The van der Waals surface area contributed by atoms with Crippen molar-refractivity contribution in [1.29, 1.82) is 0 Å². The molecule has 2 N–H and O–H groups in total. The number of carboxylic acid groups (broad SMARTS) is 1. The van der Waals surface area contributed by atoms with Crippen molar-refractivity contribution < 1.29 is 18.3 Å². The number of nitrogens with one attached hydrogen (secondary N) is 1. The molecule has 0 spiro atoms. The molecule has 1 heterocycles. The van der Waals surface area contributed by atoms with Crippen LogP contribution >= 0.6 is 0 Å². The Bertz CT molecular complexity index is 809. The van der Waals surface area contributed by atoms with Gasteiger partial charge in [0.15, 0.2) is 0 Å². The zero-order valence-corrected chi connectivity index (χ0v) is 15.7. The Morgan fingerprint density at radius 1 is 1.08 bits per heavy atom. The normalized spacial score (nSPS) is 22.2. The summed E-state index contributed by atoms with van der Waals surface area (Å²) < 4.78 is 29.0. The van der Waals surface area contributed by atoms with E-state index in [1.807, 2.05) is 0 Å². The number of piperidine rings is 1. The summed E-state index contributed by atoms with van der Waals surface area (Å²) in [6, 6.07) is 3.63. The third-order valence-electron chi connectivity index (χ3n) is 5.88. The monoisotopic (exact) mass is 378 g/mol. The van der Waals surface area contributed by atoms with Gasteiger partial charge in [0, 0.05) is 12.1 Å². The summed E-state index contributed by atoms with van der Waals surface area (Å²) >= 11 is 0. The van der Waals surface area contributed by atoms with Gasteiger partial charge in [-0.15, -0.1) is 0 Å². The fourth-order valence-electron chi connectivity index (χ4n) is 4.30. The van der Waals surface area contributed by atoms with E-state index in [9.17, 15) is 18.3 Å². The first-order chi connectivity index (χ1) is 12.4. The predicted octanol–water partition coefficient (Wildman–Crippen LogP) is 2.17. The van der Waals surface area contributed by atoms with Gasteiger partial charge in [-0.05, 0) is 87.7 Å². The van der Waals surface area contributed by atoms with Crippen LogP contribution in [-0.2, 0) is 22.9 Å². The maximum absolute atomic E-state index is 13.1. The Balaban J connectivity index is 1.57. The molecule has 7 heteroatoms. The van der Waals surface area contributed by atoms with Gasteiger partial charge in [0.25, 0.3) is 0 Å². The molecule has 0 atom stereocenters. The second kappa shape index (κ2) is 6.94. The van der Waals surface area contributed by atoms with Crippen LogP contribution in [-0.4, -0.2) is 49.6 Å². The van der Waals surface area contributed by atoms with Gasteiger partial charge in [0.2, 0.25) is 10.0 Å². The number of aryl methyl sites for hydroxylation is 1. The highest BCUT2D eigenvalue weighted by molar-refractivity contribution is 7.89. The van der Waals surface area contributed by atoms with Crippen molar-refractivity contribution in [3.05, 3.63) is 28.8 Å². The van der Waals surface area contributed by atoms with E-state index < -0.39 is 16.0 Å². The average Bonchev–Trinajstić information content (AvgIpc) is 3.46. The van der Waals surface area contributed by atoms with Crippen LogP contribution in [0, 0.1) is 0 Å². The van der Waals surface area contributed by atoms with Gasteiger partial charge >= 0.3 is 5.97 Å². The Labute approximate surface area is 154 Å². The maximum Gasteiger partial charge on any atom is 0.335 e. The molecule has 0 unspecified atom stereocenters. The zero-order valence-electron chi connectivity index (χ0n) is 14.9. The fraction of sp³-hybridized carbons (Fsp3) is 0.632. The van der Waals surface area contributed by atoms with Crippen LogP contribution in [0.3, 0.4) is 0 Å². The van der Waals surface area contributed by atoms with Crippen molar-refractivity contribution >= 4 is 16.0 Å². The van der Waals surface area contributed by atoms with Crippen molar-refractivity contribution in [3.63, 3.8) is 0 Å². The van der Waals surface area contributed by atoms with E-state index >= 15 is 0 Å². The highest BCUT2D eigenvalue weighted by Crippen LogP contribution is 2.31. The van der Waals surface area contributed by atoms with E-state index in [4.69, 9.17) is 0 Å². The van der Waals surface area contributed by atoms with Gasteiger partial charge in [-0.2, -0.15) is 0 Å². The number of benzene rings is 1. The lowest BCUT2D eigenvalue weighted by molar-refractivity contribution is 0.0696.